The van der Waals surface area contributed by atoms with Gasteiger partial charge in [0, 0.05) is 18.5 Å². The third kappa shape index (κ3) is 4.76. The molecule has 0 aliphatic heterocycles. The summed E-state index contributed by atoms with van der Waals surface area (Å²) in [4.78, 5) is 19.5. The molecular formula is C11H13FN2O6S. The number of nitro groups is 1. The number of sulfonamides is 1. The van der Waals surface area contributed by atoms with Gasteiger partial charge in [-0.3, -0.25) is 14.9 Å². The van der Waals surface area contributed by atoms with Crippen LogP contribution in [-0.4, -0.2) is 30.5 Å². The van der Waals surface area contributed by atoms with E-state index in [-0.39, 0.29) is 12.8 Å². The van der Waals surface area contributed by atoms with Crippen LogP contribution < -0.4 is 4.72 Å². The second kappa shape index (κ2) is 6.59. The van der Waals surface area contributed by atoms with Gasteiger partial charge in [-0.1, -0.05) is 0 Å². The maximum absolute atomic E-state index is 13.2. The third-order valence-corrected chi connectivity index (χ3v) is 4.16. The smallest absolute Gasteiger partial charge is 0.306 e. The molecule has 0 radical (unpaired) electrons. The highest BCUT2D eigenvalue weighted by atomic mass is 32.2. The number of rotatable bonds is 7. The summed E-state index contributed by atoms with van der Waals surface area (Å²) in [5.41, 5.74) is -0.948. The number of nitro benzene ring substituents is 1. The first-order valence-corrected chi connectivity index (χ1v) is 7.30. The molecule has 1 atom stereocenters. The van der Waals surface area contributed by atoms with Crippen molar-refractivity contribution in [1.29, 1.82) is 0 Å². The highest BCUT2D eigenvalue weighted by Gasteiger charge is 2.23. The zero-order valence-electron chi connectivity index (χ0n) is 10.9. The van der Waals surface area contributed by atoms with E-state index in [1.807, 2.05) is 0 Å². The number of benzene rings is 1. The molecule has 0 amide bonds. The number of hydrogen-bond donors (Lipinski definition) is 2. The molecule has 0 fully saturated rings. The van der Waals surface area contributed by atoms with E-state index in [0.29, 0.717) is 12.1 Å². The largest absolute Gasteiger partial charge is 0.481 e. The molecule has 1 aromatic rings. The Kier molecular flexibility index (Phi) is 5.33. The fourth-order valence-corrected chi connectivity index (χ4v) is 2.83. The molecule has 0 aromatic heterocycles. The molecule has 0 bridgehead atoms. The summed E-state index contributed by atoms with van der Waals surface area (Å²) in [5.74, 6) is -2.21. The number of carboxylic acid groups (broad SMARTS) is 1. The molecule has 0 aliphatic rings. The topological polar surface area (TPSA) is 127 Å². The van der Waals surface area contributed by atoms with Crippen LogP contribution in [0.3, 0.4) is 0 Å². The average Bonchev–Trinajstić information content (AvgIpc) is 2.35. The van der Waals surface area contributed by atoms with Gasteiger partial charge in [-0.05, 0) is 25.5 Å². The quantitative estimate of drug-likeness (QED) is 0.575. The Hall–Kier alpha value is -2.07. The summed E-state index contributed by atoms with van der Waals surface area (Å²) in [7, 11) is -4.09. The van der Waals surface area contributed by atoms with E-state index in [0.717, 1.165) is 6.07 Å². The third-order valence-electron chi connectivity index (χ3n) is 2.57. The van der Waals surface area contributed by atoms with Crippen LogP contribution >= 0.6 is 0 Å². The Labute approximate surface area is 119 Å². The van der Waals surface area contributed by atoms with Gasteiger partial charge in [0.2, 0.25) is 15.8 Å². The van der Waals surface area contributed by atoms with Crippen LogP contribution in [0.15, 0.2) is 23.1 Å². The highest BCUT2D eigenvalue weighted by molar-refractivity contribution is 7.89. The molecule has 0 heterocycles. The lowest BCUT2D eigenvalue weighted by molar-refractivity contribution is -0.387. The Morgan fingerprint density at radius 1 is 1.52 bits per heavy atom. The van der Waals surface area contributed by atoms with Crippen molar-refractivity contribution >= 4 is 21.7 Å². The molecule has 0 saturated carbocycles. The highest BCUT2D eigenvalue weighted by Crippen LogP contribution is 2.21. The Bertz CT molecular complexity index is 661. The fraction of sp³-hybridized carbons (Fsp3) is 0.364. The Morgan fingerprint density at radius 2 is 2.14 bits per heavy atom. The van der Waals surface area contributed by atoms with Gasteiger partial charge < -0.3 is 5.11 Å². The van der Waals surface area contributed by atoms with Gasteiger partial charge in [-0.2, -0.15) is 4.39 Å². The molecule has 10 heteroatoms. The number of halogens is 1. The normalized spacial score (nSPS) is 12.9. The molecule has 8 nitrogen and oxygen atoms in total. The van der Waals surface area contributed by atoms with Gasteiger partial charge in [-0.15, -0.1) is 0 Å². The molecule has 0 spiro atoms. The number of nitrogens with zero attached hydrogens (tertiary/aromatic N) is 1. The molecule has 21 heavy (non-hydrogen) atoms. The van der Waals surface area contributed by atoms with E-state index in [1.165, 1.54) is 6.92 Å². The van der Waals surface area contributed by atoms with Crippen LogP contribution in [0.2, 0.25) is 0 Å². The van der Waals surface area contributed by atoms with Crippen molar-refractivity contribution in [3.63, 3.8) is 0 Å². The lowest BCUT2D eigenvalue weighted by Crippen LogP contribution is -2.33. The van der Waals surface area contributed by atoms with Crippen LogP contribution in [-0.2, 0) is 14.8 Å². The molecular weight excluding hydrogens is 307 g/mol. The van der Waals surface area contributed by atoms with Crippen LogP contribution in [0.25, 0.3) is 0 Å². The lowest BCUT2D eigenvalue weighted by atomic mass is 10.2. The van der Waals surface area contributed by atoms with Crippen molar-refractivity contribution in [3.05, 3.63) is 34.1 Å². The SMILES string of the molecule is CC(CCC(=O)O)NS(=O)(=O)c1ccc(F)c([N+](=O)[O-])c1. The van der Waals surface area contributed by atoms with E-state index >= 15 is 0 Å². The molecule has 116 valence electrons. The molecule has 1 rings (SSSR count). The van der Waals surface area contributed by atoms with Crippen LogP contribution in [0.4, 0.5) is 10.1 Å². The number of hydrogen-bond acceptors (Lipinski definition) is 5. The Balaban J connectivity index is 2.95. The first kappa shape index (κ1) is 17.0. The summed E-state index contributed by atoms with van der Waals surface area (Å²) in [5, 5.41) is 19.1. The summed E-state index contributed by atoms with van der Waals surface area (Å²) >= 11 is 0. The zero-order chi connectivity index (χ0) is 16.2. The van der Waals surface area contributed by atoms with E-state index in [4.69, 9.17) is 5.11 Å². The lowest BCUT2D eigenvalue weighted by Gasteiger charge is -2.13. The number of aliphatic carboxylic acids is 1. The van der Waals surface area contributed by atoms with E-state index in [2.05, 4.69) is 4.72 Å². The standard InChI is InChI=1S/C11H13FN2O6S/c1-7(2-5-11(15)16)13-21(19,20)8-3-4-9(12)10(6-8)14(17)18/h3-4,6-7,13H,2,5H2,1H3,(H,15,16). The van der Waals surface area contributed by atoms with Crippen LogP contribution in [0.5, 0.6) is 0 Å². The number of carboxylic acids is 1. The first-order chi connectivity index (χ1) is 9.63. The van der Waals surface area contributed by atoms with Crippen LogP contribution in [0, 0.1) is 15.9 Å². The van der Waals surface area contributed by atoms with Gasteiger partial charge >= 0.3 is 11.7 Å². The first-order valence-electron chi connectivity index (χ1n) is 5.81. The van der Waals surface area contributed by atoms with Crippen molar-refractivity contribution in [1.82, 2.24) is 4.72 Å². The number of carbonyl (C=O) groups is 1. The minimum Gasteiger partial charge on any atom is -0.481 e. The predicted molar refractivity (Wildman–Crippen MR) is 69.7 cm³/mol. The minimum atomic E-state index is -4.09. The summed E-state index contributed by atoms with van der Waals surface area (Å²) < 4.78 is 39.3. The summed E-state index contributed by atoms with van der Waals surface area (Å²) in [6.45, 7) is 1.46. The van der Waals surface area contributed by atoms with Crippen molar-refractivity contribution in [3.8, 4) is 0 Å². The van der Waals surface area contributed by atoms with Gasteiger partial charge in [0.1, 0.15) is 0 Å². The molecule has 1 unspecified atom stereocenters. The molecule has 2 N–H and O–H groups in total. The van der Waals surface area contributed by atoms with E-state index < -0.39 is 43.4 Å². The number of nitrogens with one attached hydrogen (secondary N) is 1. The summed E-state index contributed by atoms with van der Waals surface area (Å²) in [6, 6.07) is 1.51. The molecule has 0 aliphatic carbocycles. The second-order valence-corrected chi connectivity index (χ2v) is 6.04. The van der Waals surface area contributed by atoms with Crippen molar-refractivity contribution in [2.24, 2.45) is 0 Å². The predicted octanol–water partition coefficient (Wildman–Crippen LogP) is 1.27. The van der Waals surface area contributed by atoms with Gasteiger partial charge in [0.05, 0.1) is 9.82 Å². The van der Waals surface area contributed by atoms with E-state index in [1.54, 1.807) is 0 Å². The van der Waals surface area contributed by atoms with Crippen LogP contribution in [0.1, 0.15) is 19.8 Å². The van der Waals surface area contributed by atoms with Gasteiger partial charge in [-0.25, -0.2) is 13.1 Å². The van der Waals surface area contributed by atoms with Crippen molar-refractivity contribution in [2.75, 3.05) is 0 Å². The van der Waals surface area contributed by atoms with Gasteiger partial charge in [0.25, 0.3) is 0 Å². The average molecular weight is 320 g/mol. The molecule has 0 saturated heterocycles. The van der Waals surface area contributed by atoms with Crippen molar-refractivity contribution in [2.45, 2.75) is 30.7 Å². The summed E-state index contributed by atoms with van der Waals surface area (Å²) in [6.07, 6.45) is -0.175. The zero-order valence-corrected chi connectivity index (χ0v) is 11.8. The fourth-order valence-electron chi connectivity index (χ4n) is 1.53. The monoisotopic (exact) mass is 320 g/mol. The maximum Gasteiger partial charge on any atom is 0.306 e. The van der Waals surface area contributed by atoms with E-state index in [9.17, 15) is 27.7 Å². The van der Waals surface area contributed by atoms with Crippen molar-refractivity contribution < 1.29 is 27.6 Å². The minimum absolute atomic E-state index is 0.0534. The second-order valence-electron chi connectivity index (χ2n) is 4.33. The maximum atomic E-state index is 13.2. The molecule has 1 aromatic carbocycles. The Morgan fingerprint density at radius 3 is 2.67 bits per heavy atom. The van der Waals surface area contributed by atoms with Gasteiger partial charge in [0.15, 0.2) is 0 Å².